The van der Waals surface area contributed by atoms with E-state index in [1.54, 1.807) is 12.1 Å². The maximum atomic E-state index is 13.8. The number of benzene rings is 1. The summed E-state index contributed by atoms with van der Waals surface area (Å²) < 4.78 is 19.1. The van der Waals surface area contributed by atoms with Crippen molar-refractivity contribution in [2.24, 2.45) is 5.84 Å². The van der Waals surface area contributed by atoms with Crippen LogP contribution in [0.1, 0.15) is 13.8 Å². The summed E-state index contributed by atoms with van der Waals surface area (Å²) in [4.78, 5) is 4.21. The zero-order valence-corrected chi connectivity index (χ0v) is 10.9. The van der Waals surface area contributed by atoms with Crippen LogP contribution >= 0.6 is 11.3 Å². The fraction of sp³-hybridized carbons (Fsp3) is 0.250. The summed E-state index contributed by atoms with van der Waals surface area (Å²) in [5.41, 5.74) is 3.84. The summed E-state index contributed by atoms with van der Waals surface area (Å²) in [5.74, 6) is 5.11. The van der Waals surface area contributed by atoms with Crippen molar-refractivity contribution < 1.29 is 9.13 Å². The van der Waals surface area contributed by atoms with Crippen molar-refractivity contribution in [2.45, 2.75) is 20.0 Å². The number of rotatable bonds is 4. The number of hydrazine groups is 1. The summed E-state index contributed by atoms with van der Waals surface area (Å²) >= 11 is 1.36. The van der Waals surface area contributed by atoms with Gasteiger partial charge >= 0.3 is 0 Å². The third kappa shape index (κ3) is 2.77. The summed E-state index contributed by atoms with van der Waals surface area (Å²) in [6.45, 7) is 3.71. The molecule has 0 aliphatic rings. The molecule has 0 aliphatic heterocycles. The average Bonchev–Trinajstić information content (AvgIpc) is 2.80. The monoisotopic (exact) mass is 267 g/mol. The topological polar surface area (TPSA) is 60.2 Å². The molecular weight excluding hydrogens is 253 g/mol. The Bertz CT molecular complexity index is 542. The molecular formula is C12H14FN3OS. The van der Waals surface area contributed by atoms with Crippen LogP contribution in [0, 0.1) is 5.82 Å². The molecule has 4 nitrogen and oxygen atoms in total. The number of halogens is 1. The van der Waals surface area contributed by atoms with Gasteiger partial charge in [0.2, 0.25) is 0 Å². The number of hydrogen-bond acceptors (Lipinski definition) is 5. The Balaban J connectivity index is 2.28. The number of ether oxygens (including phenoxy) is 1. The first kappa shape index (κ1) is 12.8. The van der Waals surface area contributed by atoms with E-state index in [4.69, 9.17) is 10.6 Å². The van der Waals surface area contributed by atoms with Crippen molar-refractivity contribution >= 4 is 16.5 Å². The minimum absolute atomic E-state index is 0.0577. The molecule has 6 heteroatoms. The molecule has 0 aliphatic carbocycles. The Kier molecular flexibility index (Phi) is 3.78. The van der Waals surface area contributed by atoms with Crippen LogP contribution in [0.25, 0.3) is 11.3 Å². The zero-order valence-electron chi connectivity index (χ0n) is 10.1. The van der Waals surface area contributed by atoms with Crippen molar-refractivity contribution in [1.82, 2.24) is 4.98 Å². The lowest BCUT2D eigenvalue weighted by molar-refractivity contribution is 0.231. The van der Waals surface area contributed by atoms with Crippen LogP contribution in [0.2, 0.25) is 0 Å². The highest BCUT2D eigenvalue weighted by Crippen LogP contribution is 2.28. The van der Waals surface area contributed by atoms with Gasteiger partial charge in [0.05, 0.1) is 11.8 Å². The number of thiazole rings is 1. The lowest BCUT2D eigenvalue weighted by Crippen LogP contribution is -2.07. The Morgan fingerprint density at radius 1 is 1.44 bits per heavy atom. The van der Waals surface area contributed by atoms with E-state index in [0.717, 1.165) is 0 Å². The Labute approximate surface area is 109 Å². The van der Waals surface area contributed by atoms with Crippen LogP contribution in [0.15, 0.2) is 23.6 Å². The maximum Gasteiger partial charge on any atom is 0.197 e. The van der Waals surface area contributed by atoms with E-state index in [1.807, 2.05) is 19.2 Å². The van der Waals surface area contributed by atoms with Gasteiger partial charge in [0, 0.05) is 10.9 Å². The molecule has 96 valence electrons. The van der Waals surface area contributed by atoms with E-state index >= 15 is 0 Å². The third-order valence-corrected chi connectivity index (χ3v) is 2.99. The van der Waals surface area contributed by atoms with Crippen LogP contribution in [0.4, 0.5) is 9.52 Å². The van der Waals surface area contributed by atoms with Gasteiger partial charge < -0.3 is 4.74 Å². The van der Waals surface area contributed by atoms with Crippen LogP contribution in [0.3, 0.4) is 0 Å². The summed E-state index contributed by atoms with van der Waals surface area (Å²) in [5, 5.41) is 2.40. The van der Waals surface area contributed by atoms with Gasteiger partial charge in [-0.15, -0.1) is 11.3 Å². The number of nitrogen functional groups attached to an aromatic ring is 1. The van der Waals surface area contributed by atoms with Crippen LogP contribution in [-0.4, -0.2) is 11.1 Å². The predicted octanol–water partition coefficient (Wildman–Crippen LogP) is 3.02. The number of aromatic nitrogens is 1. The molecule has 0 unspecified atom stereocenters. The maximum absolute atomic E-state index is 13.8. The van der Waals surface area contributed by atoms with Crippen molar-refractivity contribution in [3.8, 4) is 17.0 Å². The van der Waals surface area contributed by atoms with Gasteiger partial charge in [0.1, 0.15) is 0 Å². The van der Waals surface area contributed by atoms with Gasteiger partial charge in [0.15, 0.2) is 16.7 Å². The van der Waals surface area contributed by atoms with E-state index in [0.29, 0.717) is 16.4 Å². The van der Waals surface area contributed by atoms with Crippen molar-refractivity contribution in [2.75, 3.05) is 5.43 Å². The van der Waals surface area contributed by atoms with E-state index < -0.39 is 5.82 Å². The molecule has 0 spiro atoms. The molecule has 1 heterocycles. The van der Waals surface area contributed by atoms with Crippen molar-refractivity contribution in [3.63, 3.8) is 0 Å². The highest BCUT2D eigenvalue weighted by Gasteiger charge is 2.09. The van der Waals surface area contributed by atoms with Crippen LogP contribution in [-0.2, 0) is 0 Å². The standard InChI is InChI=1S/C12H14FN3OS/c1-7(2)17-11-4-3-8(5-9(11)13)10-6-18-12(15-10)16-14/h3-7H,14H2,1-2H3,(H,15,16). The Morgan fingerprint density at radius 2 is 2.22 bits per heavy atom. The van der Waals surface area contributed by atoms with Crippen molar-refractivity contribution in [1.29, 1.82) is 0 Å². The van der Waals surface area contributed by atoms with Crippen LogP contribution in [0.5, 0.6) is 5.75 Å². The smallest absolute Gasteiger partial charge is 0.197 e. The lowest BCUT2D eigenvalue weighted by atomic mass is 10.1. The molecule has 0 radical (unpaired) electrons. The molecule has 0 saturated heterocycles. The van der Waals surface area contributed by atoms with Gasteiger partial charge in [-0.2, -0.15) is 0 Å². The molecule has 18 heavy (non-hydrogen) atoms. The summed E-state index contributed by atoms with van der Waals surface area (Å²) in [6, 6.07) is 4.79. The average molecular weight is 267 g/mol. The highest BCUT2D eigenvalue weighted by atomic mass is 32.1. The largest absolute Gasteiger partial charge is 0.488 e. The highest BCUT2D eigenvalue weighted by molar-refractivity contribution is 7.14. The van der Waals surface area contributed by atoms with Gasteiger partial charge in [-0.1, -0.05) is 0 Å². The van der Waals surface area contributed by atoms with Gasteiger partial charge in [-0.25, -0.2) is 15.2 Å². The van der Waals surface area contributed by atoms with Crippen molar-refractivity contribution in [3.05, 3.63) is 29.4 Å². The van der Waals surface area contributed by atoms with E-state index in [1.165, 1.54) is 17.4 Å². The second kappa shape index (κ2) is 5.32. The number of nitrogens with zero attached hydrogens (tertiary/aromatic N) is 1. The summed E-state index contributed by atoms with van der Waals surface area (Å²) in [7, 11) is 0. The molecule has 2 aromatic rings. The predicted molar refractivity (Wildman–Crippen MR) is 71.1 cm³/mol. The van der Waals surface area contributed by atoms with Gasteiger partial charge in [-0.3, -0.25) is 5.43 Å². The van der Waals surface area contributed by atoms with E-state index in [2.05, 4.69) is 10.4 Å². The Morgan fingerprint density at radius 3 is 2.78 bits per heavy atom. The minimum Gasteiger partial charge on any atom is -0.488 e. The molecule has 2 rings (SSSR count). The molecule has 3 N–H and O–H groups in total. The first-order valence-corrected chi connectivity index (χ1v) is 6.37. The second-order valence-corrected chi connectivity index (χ2v) is 4.85. The Hall–Kier alpha value is -1.66. The molecule has 0 bridgehead atoms. The molecule has 0 atom stereocenters. The first-order valence-electron chi connectivity index (χ1n) is 5.49. The fourth-order valence-electron chi connectivity index (χ4n) is 1.48. The van der Waals surface area contributed by atoms with E-state index in [9.17, 15) is 4.39 Å². The molecule has 1 aromatic heterocycles. The van der Waals surface area contributed by atoms with E-state index in [-0.39, 0.29) is 11.9 Å². The minimum atomic E-state index is -0.392. The number of hydrogen-bond donors (Lipinski definition) is 2. The normalized spacial score (nSPS) is 10.7. The molecule has 0 fully saturated rings. The molecule has 0 saturated carbocycles. The molecule has 1 aromatic carbocycles. The van der Waals surface area contributed by atoms with Gasteiger partial charge in [0.25, 0.3) is 0 Å². The SMILES string of the molecule is CC(C)Oc1ccc(-c2csc(NN)n2)cc1F. The summed E-state index contributed by atoms with van der Waals surface area (Å²) in [6.07, 6.45) is -0.0577. The number of nitrogens with one attached hydrogen (secondary N) is 1. The van der Waals surface area contributed by atoms with Crippen LogP contribution < -0.4 is 16.0 Å². The fourth-order valence-corrected chi connectivity index (χ4v) is 2.11. The quantitative estimate of drug-likeness (QED) is 0.660. The first-order chi connectivity index (χ1) is 8.60. The molecule has 0 amide bonds. The third-order valence-electron chi connectivity index (χ3n) is 2.22. The van der Waals surface area contributed by atoms with Gasteiger partial charge in [-0.05, 0) is 32.0 Å². The zero-order chi connectivity index (χ0) is 13.1. The number of nitrogens with two attached hydrogens (primary N) is 1. The lowest BCUT2D eigenvalue weighted by Gasteiger charge is -2.10. The second-order valence-electron chi connectivity index (χ2n) is 3.99. The number of anilines is 1.